The number of aliphatic hydroxyl groups excluding tert-OH is 1. The summed E-state index contributed by atoms with van der Waals surface area (Å²) in [6.45, 7) is 3.82. The van der Waals surface area contributed by atoms with Crippen molar-refractivity contribution < 1.29 is 9.90 Å². The minimum atomic E-state index is -0.721. The van der Waals surface area contributed by atoms with Crippen LogP contribution in [0.2, 0.25) is 0 Å². The molecule has 0 aliphatic rings. The molecule has 0 saturated carbocycles. The maximum Gasteiger partial charge on any atom is 0.259 e. The van der Waals surface area contributed by atoms with Gasteiger partial charge in [-0.1, -0.05) is 42.5 Å². The van der Waals surface area contributed by atoms with E-state index in [1.54, 1.807) is 11.9 Å². The Morgan fingerprint density at radius 3 is 2.32 bits per heavy atom. The van der Waals surface area contributed by atoms with Crippen LogP contribution in [-0.4, -0.2) is 23.0 Å². The summed E-state index contributed by atoms with van der Waals surface area (Å²) >= 11 is 0. The molecule has 0 aliphatic heterocycles. The normalized spacial score (nSPS) is 12.0. The molecule has 3 aromatic rings. The predicted molar refractivity (Wildman–Crippen MR) is 99.9 cm³/mol. The van der Waals surface area contributed by atoms with Crippen LogP contribution in [0.25, 0.3) is 0 Å². The summed E-state index contributed by atoms with van der Waals surface area (Å²) < 4.78 is 0. The van der Waals surface area contributed by atoms with Gasteiger partial charge in [-0.2, -0.15) is 0 Å². The van der Waals surface area contributed by atoms with E-state index < -0.39 is 6.10 Å². The molecule has 1 atom stereocenters. The van der Waals surface area contributed by atoms with E-state index in [2.05, 4.69) is 4.98 Å². The van der Waals surface area contributed by atoms with E-state index >= 15 is 0 Å². The Morgan fingerprint density at radius 2 is 1.68 bits per heavy atom. The Labute approximate surface area is 147 Å². The lowest BCUT2D eigenvalue weighted by molar-refractivity contribution is 0.0992. The van der Waals surface area contributed by atoms with Gasteiger partial charge in [0.1, 0.15) is 6.10 Å². The number of aromatic nitrogens is 1. The van der Waals surface area contributed by atoms with Crippen molar-refractivity contribution in [1.29, 1.82) is 0 Å². The zero-order valence-electron chi connectivity index (χ0n) is 14.7. The van der Waals surface area contributed by atoms with E-state index in [0.29, 0.717) is 5.56 Å². The fourth-order valence-corrected chi connectivity index (χ4v) is 2.98. The fraction of sp³-hybridized carbons (Fsp3) is 0.190. The SMILES string of the molecule is Cc1cc(C(=O)N(C)c2cccc(C(O)c3ccccc3)c2)c(C)[nH]1. The third-order valence-electron chi connectivity index (χ3n) is 4.37. The lowest BCUT2D eigenvalue weighted by Gasteiger charge is -2.19. The summed E-state index contributed by atoms with van der Waals surface area (Å²) in [5.74, 6) is -0.0757. The van der Waals surface area contributed by atoms with Gasteiger partial charge in [0.15, 0.2) is 0 Å². The van der Waals surface area contributed by atoms with E-state index in [4.69, 9.17) is 0 Å². The van der Waals surface area contributed by atoms with Crippen LogP contribution in [-0.2, 0) is 0 Å². The molecule has 2 N–H and O–H groups in total. The highest BCUT2D eigenvalue weighted by molar-refractivity contribution is 6.06. The first-order valence-corrected chi connectivity index (χ1v) is 8.24. The van der Waals surface area contributed by atoms with E-state index in [1.165, 1.54) is 0 Å². The van der Waals surface area contributed by atoms with Crippen molar-refractivity contribution in [2.45, 2.75) is 20.0 Å². The molecule has 0 radical (unpaired) electrons. The number of anilines is 1. The number of aromatic amines is 1. The highest BCUT2D eigenvalue weighted by Crippen LogP contribution is 2.26. The van der Waals surface area contributed by atoms with E-state index in [0.717, 1.165) is 28.2 Å². The summed E-state index contributed by atoms with van der Waals surface area (Å²) in [5.41, 5.74) is 4.80. The summed E-state index contributed by atoms with van der Waals surface area (Å²) in [4.78, 5) is 17.5. The summed E-state index contributed by atoms with van der Waals surface area (Å²) in [5, 5.41) is 10.6. The number of nitrogens with one attached hydrogen (secondary N) is 1. The van der Waals surface area contributed by atoms with Gasteiger partial charge in [0.05, 0.1) is 5.56 Å². The van der Waals surface area contributed by atoms with Crippen LogP contribution >= 0.6 is 0 Å². The van der Waals surface area contributed by atoms with Gasteiger partial charge in [0.25, 0.3) is 5.91 Å². The van der Waals surface area contributed by atoms with Gasteiger partial charge < -0.3 is 15.0 Å². The summed E-state index contributed by atoms with van der Waals surface area (Å²) in [7, 11) is 1.75. The minimum Gasteiger partial charge on any atom is -0.384 e. The van der Waals surface area contributed by atoms with Gasteiger partial charge in [-0.3, -0.25) is 4.79 Å². The predicted octanol–water partition coefficient (Wildman–Crippen LogP) is 3.99. The van der Waals surface area contributed by atoms with Gasteiger partial charge >= 0.3 is 0 Å². The van der Waals surface area contributed by atoms with Gasteiger partial charge in [-0.15, -0.1) is 0 Å². The Hall–Kier alpha value is -2.85. The van der Waals surface area contributed by atoms with Gasteiger partial charge in [-0.25, -0.2) is 0 Å². The molecule has 4 heteroatoms. The average molecular weight is 334 g/mol. The van der Waals surface area contributed by atoms with E-state index in [9.17, 15) is 9.90 Å². The first-order valence-electron chi connectivity index (χ1n) is 8.24. The van der Waals surface area contributed by atoms with Gasteiger partial charge in [-0.05, 0) is 43.2 Å². The highest BCUT2D eigenvalue weighted by Gasteiger charge is 2.18. The number of benzene rings is 2. The number of aryl methyl sites for hydroxylation is 2. The van der Waals surface area contributed by atoms with Crippen molar-refractivity contribution in [1.82, 2.24) is 4.98 Å². The maximum atomic E-state index is 12.8. The Balaban J connectivity index is 1.88. The van der Waals surface area contributed by atoms with Crippen LogP contribution in [0.5, 0.6) is 0 Å². The minimum absolute atomic E-state index is 0.0757. The van der Waals surface area contributed by atoms with Crippen LogP contribution < -0.4 is 4.90 Å². The largest absolute Gasteiger partial charge is 0.384 e. The molecule has 4 nitrogen and oxygen atoms in total. The molecule has 0 saturated heterocycles. The average Bonchev–Trinajstić information content (AvgIpc) is 2.99. The first-order chi connectivity index (χ1) is 12.0. The number of carbonyl (C=O) groups excluding carboxylic acids is 1. The van der Waals surface area contributed by atoms with E-state index in [-0.39, 0.29) is 5.91 Å². The molecule has 3 rings (SSSR count). The van der Waals surface area contributed by atoms with Crippen molar-refractivity contribution in [3.63, 3.8) is 0 Å². The molecule has 128 valence electrons. The van der Waals surface area contributed by atoms with Crippen LogP contribution in [0, 0.1) is 13.8 Å². The zero-order chi connectivity index (χ0) is 18.0. The Morgan fingerprint density at radius 1 is 1.00 bits per heavy atom. The molecule has 0 fully saturated rings. The van der Waals surface area contributed by atoms with Crippen molar-refractivity contribution >= 4 is 11.6 Å². The molecule has 1 aromatic heterocycles. The van der Waals surface area contributed by atoms with Crippen LogP contribution in [0.1, 0.15) is 39.0 Å². The van der Waals surface area contributed by atoms with Crippen molar-refractivity contribution in [2.24, 2.45) is 0 Å². The quantitative estimate of drug-likeness (QED) is 0.758. The lowest BCUT2D eigenvalue weighted by atomic mass is 10.0. The van der Waals surface area contributed by atoms with Crippen molar-refractivity contribution in [3.05, 3.63) is 88.7 Å². The first kappa shape index (κ1) is 17.0. The zero-order valence-corrected chi connectivity index (χ0v) is 14.7. The molecule has 1 heterocycles. The molecule has 25 heavy (non-hydrogen) atoms. The van der Waals surface area contributed by atoms with Crippen molar-refractivity contribution in [3.8, 4) is 0 Å². The molecule has 1 amide bonds. The lowest BCUT2D eigenvalue weighted by Crippen LogP contribution is -2.26. The molecule has 0 bridgehead atoms. The molecular formula is C21H22N2O2. The monoisotopic (exact) mass is 334 g/mol. The standard InChI is InChI=1S/C21H22N2O2/c1-14-12-19(15(2)22-14)21(25)23(3)18-11-7-10-17(13-18)20(24)16-8-5-4-6-9-16/h4-13,20,22,24H,1-3H3. The number of hydrogen-bond donors (Lipinski definition) is 2. The third-order valence-corrected chi connectivity index (χ3v) is 4.37. The van der Waals surface area contributed by atoms with Crippen LogP contribution in [0.4, 0.5) is 5.69 Å². The Bertz CT molecular complexity index is 884. The van der Waals surface area contributed by atoms with Crippen LogP contribution in [0.3, 0.4) is 0 Å². The topological polar surface area (TPSA) is 56.3 Å². The second-order valence-electron chi connectivity index (χ2n) is 6.26. The highest BCUT2D eigenvalue weighted by atomic mass is 16.3. The van der Waals surface area contributed by atoms with Gasteiger partial charge in [0.2, 0.25) is 0 Å². The number of carbonyl (C=O) groups is 1. The molecule has 0 spiro atoms. The number of hydrogen-bond acceptors (Lipinski definition) is 2. The van der Waals surface area contributed by atoms with Gasteiger partial charge in [0, 0.05) is 24.1 Å². The third kappa shape index (κ3) is 3.49. The van der Waals surface area contributed by atoms with Crippen LogP contribution in [0.15, 0.2) is 60.7 Å². The second kappa shape index (κ2) is 6.95. The smallest absolute Gasteiger partial charge is 0.259 e. The molecular weight excluding hydrogens is 312 g/mol. The van der Waals surface area contributed by atoms with Crippen molar-refractivity contribution in [2.75, 3.05) is 11.9 Å². The van der Waals surface area contributed by atoms with E-state index in [1.807, 2.05) is 74.5 Å². The maximum absolute atomic E-state index is 12.8. The summed E-state index contributed by atoms with van der Waals surface area (Å²) in [6.07, 6.45) is -0.721. The number of aliphatic hydroxyl groups is 1. The molecule has 2 aromatic carbocycles. The number of H-pyrrole nitrogens is 1. The number of rotatable bonds is 4. The second-order valence-corrected chi connectivity index (χ2v) is 6.26. The number of amides is 1. The molecule has 0 aliphatic carbocycles. The molecule has 1 unspecified atom stereocenters. The fourth-order valence-electron chi connectivity index (χ4n) is 2.98. The number of nitrogens with zero attached hydrogens (tertiary/aromatic N) is 1. The Kier molecular flexibility index (Phi) is 4.72. The summed E-state index contributed by atoms with van der Waals surface area (Å²) in [6, 6.07) is 18.8.